The van der Waals surface area contributed by atoms with Crippen molar-refractivity contribution >= 4 is 17.7 Å². The van der Waals surface area contributed by atoms with Crippen LogP contribution in [0.2, 0.25) is 0 Å². The van der Waals surface area contributed by atoms with Gasteiger partial charge in [0.15, 0.2) is 50.3 Å². The van der Waals surface area contributed by atoms with E-state index in [9.17, 15) is 127 Å². The van der Waals surface area contributed by atoms with E-state index in [-0.39, 0.29) is 12.3 Å². The zero-order valence-electron chi connectivity index (χ0n) is 80.7. The molecule has 0 saturated carbocycles. The Kier molecular flexibility index (Phi) is 54.2. The number of allylic oxidation sites excluding steroid dienone is 3. The minimum Gasteiger partial charge on any atom is -0.394 e. The number of carbonyl (C=O) groups excluding carboxylic acids is 3. The summed E-state index contributed by atoms with van der Waals surface area (Å²) in [5.41, 5.74) is 0. The summed E-state index contributed by atoms with van der Waals surface area (Å²) in [6.07, 6.45) is -34.1. The quantitative estimate of drug-likeness (QED) is 0.0219. The van der Waals surface area contributed by atoms with Gasteiger partial charge in [-0.2, -0.15) is 0 Å². The van der Waals surface area contributed by atoms with Crippen LogP contribution in [0, 0.1) is 0 Å². The Morgan fingerprint density at radius 3 is 1.10 bits per heavy atom. The fraction of sp³-hybridized carbons (Fsp3) is 0.926. The van der Waals surface area contributed by atoms with Crippen LogP contribution in [0.3, 0.4) is 0 Å². The normalized spacial score (nSPS) is 39.2. The van der Waals surface area contributed by atoms with Crippen molar-refractivity contribution in [1.29, 1.82) is 0 Å². The molecule has 44 heteroatoms. The van der Waals surface area contributed by atoms with Crippen molar-refractivity contribution in [3.8, 4) is 0 Å². The van der Waals surface area contributed by atoms with Gasteiger partial charge in [-0.25, -0.2) is 0 Å². The summed E-state index contributed by atoms with van der Waals surface area (Å²) in [7, 11) is 0. The highest BCUT2D eigenvalue weighted by molar-refractivity contribution is 5.76. The second-order valence-electron chi connectivity index (χ2n) is 38.0. The van der Waals surface area contributed by atoms with Gasteiger partial charge in [0.25, 0.3) is 0 Å². The molecule has 42 atom stereocenters. The number of aliphatic hydroxyl groups is 22. The van der Waals surface area contributed by atoms with Gasteiger partial charge in [0.1, 0.15) is 183 Å². The summed E-state index contributed by atoms with van der Waals surface area (Å²) >= 11 is 0. The molecule has 0 aliphatic carbocycles. The Hall–Kier alpha value is -3.63. The molecule has 16 unspecified atom stereocenters. The van der Waals surface area contributed by atoms with E-state index in [2.05, 4.69) is 41.9 Å². The SMILES string of the molecule is CCCCCCCC/C=C\CCCCCCCCCCCCCC(=O)N[C@@H](CO[C@@H]1OC(CO)[C@@H](O[C@@H]2OC(CO)[C@H](O)[C@H](O[C@@H]3OC(CO)[C@@H](O[C@@H]4OC(CO)[C@H](O)[C@H](O[C@H]5OC(CO)[C@H](O)[C@H](O[C@@H]6OC(CO)[C@H](O)[C@H](O)C6O[C@H]6OC(C)[C@@H](O)C(O)[C@@H]6O)C5NC(C)=O)C4O[C@H]4OC(C)[C@@H](O)C(O)[C@@H]4O)[C@H](O)C3NC(C)=O)C2O)[C@H](O)C1O)[C@H](O)/C=C/CCCCCCCCCCCCC. The Morgan fingerprint density at radius 1 is 0.297 bits per heavy atom. The molecule has 44 nitrogen and oxygen atoms in total. The highest BCUT2D eigenvalue weighted by Gasteiger charge is 2.61. The average Bonchev–Trinajstić information content (AvgIpc) is 0.756. The zero-order chi connectivity index (χ0) is 101. The third kappa shape index (κ3) is 35.0. The molecule has 0 spiro atoms. The van der Waals surface area contributed by atoms with Gasteiger partial charge in [-0.1, -0.05) is 192 Å². The van der Waals surface area contributed by atoms with Gasteiger partial charge < -0.3 is 204 Å². The summed E-state index contributed by atoms with van der Waals surface area (Å²) in [6, 6.07) is -5.07. The van der Waals surface area contributed by atoms with Crippen molar-refractivity contribution < 1.29 is 203 Å². The number of ether oxygens (including phenoxy) is 16. The number of hydrogen-bond acceptors (Lipinski definition) is 41. The number of hydrogen-bond donors (Lipinski definition) is 25. The predicted octanol–water partition coefficient (Wildman–Crippen LogP) is -2.60. The zero-order valence-corrected chi connectivity index (χ0v) is 80.7. The first-order chi connectivity index (χ1) is 66.2. The minimum absolute atomic E-state index is 0.144. The molecule has 0 radical (unpaired) electrons. The fourth-order valence-corrected chi connectivity index (χ4v) is 18.7. The number of rotatable bonds is 61. The molecule has 0 aromatic carbocycles. The van der Waals surface area contributed by atoms with Gasteiger partial charge in [0.05, 0.1) is 70.6 Å². The van der Waals surface area contributed by atoms with Gasteiger partial charge in [0.2, 0.25) is 17.7 Å². The van der Waals surface area contributed by atoms with Gasteiger partial charge in [-0.3, -0.25) is 14.4 Å². The van der Waals surface area contributed by atoms with Gasteiger partial charge in [-0.05, 0) is 58.8 Å². The maximum atomic E-state index is 13.7. The summed E-state index contributed by atoms with van der Waals surface area (Å²) in [5.74, 6) is -2.27. The van der Waals surface area contributed by atoms with E-state index in [1.807, 2.05) is 6.08 Å². The molecule has 0 aromatic rings. The number of carbonyl (C=O) groups is 3. The van der Waals surface area contributed by atoms with Crippen LogP contribution in [-0.4, -0.2) is 434 Å². The van der Waals surface area contributed by atoms with Crippen molar-refractivity contribution in [3.63, 3.8) is 0 Å². The molecule has 8 aliphatic heterocycles. The Labute approximate surface area is 808 Å². The maximum Gasteiger partial charge on any atom is 0.220 e. The molecule has 25 N–H and O–H groups in total. The van der Waals surface area contributed by atoms with Crippen LogP contribution >= 0.6 is 0 Å². The van der Waals surface area contributed by atoms with Crippen LogP contribution in [0.5, 0.6) is 0 Å². The van der Waals surface area contributed by atoms with Gasteiger partial charge in [0, 0.05) is 20.3 Å². The summed E-state index contributed by atoms with van der Waals surface area (Å²) in [6.45, 7) is 1.81. The van der Waals surface area contributed by atoms with Crippen molar-refractivity contribution in [1.82, 2.24) is 16.0 Å². The lowest BCUT2D eigenvalue weighted by atomic mass is 9.93. The van der Waals surface area contributed by atoms with Gasteiger partial charge in [-0.15, -0.1) is 0 Å². The van der Waals surface area contributed by atoms with Crippen LogP contribution in [0.25, 0.3) is 0 Å². The van der Waals surface area contributed by atoms with Crippen LogP contribution in [-0.2, 0) is 90.2 Å². The summed E-state index contributed by atoms with van der Waals surface area (Å²) in [4.78, 5) is 40.5. The van der Waals surface area contributed by atoms with E-state index in [0.29, 0.717) is 12.8 Å². The molecule has 8 saturated heterocycles. The third-order valence-corrected chi connectivity index (χ3v) is 27.0. The smallest absolute Gasteiger partial charge is 0.220 e. The third-order valence-electron chi connectivity index (χ3n) is 27.0. The number of aliphatic hydroxyl groups excluding tert-OH is 22. The Morgan fingerprint density at radius 2 is 0.623 bits per heavy atom. The molecular weight excluding hydrogens is 1830 g/mol. The minimum atomic E-state index is -2.32. The van der Waals surface area contributed by atoms with E-state index in [0.717, 1.165) is 78.1 Å². The van der Waals surface area contributed by atoms with Gasteiger partial charge >= 0.3 is 0 Å². The topological polar surface area (TPSA) is 680 Å². The highest BCUT2D eigenvalue weighted by Crippen LogP contribution is 2.41. The molecule has 8 heterocycles. The molecule has 8 fully saturated rings. The molecule has 138 heavy (non-hydrogen) atoms. The van der Waals surface area contributed by atoms with Crippen molar-refractivity contribution in [2.45, 2.75) is 505 Å². The molecule has 8 aliphatic rings. The first kappa shape index (κ1) is 120. The molecule has 0 bridgehead atoms. The van der Waals surface area contributed by atoms with Crippen LogP contribution in [0.4, 0.5) is 0 Å². The highest BCUT2D eigenvalue weighted by atomic mass is 16.8. The average molecular weight is 2000 g/mol. The molecule has 3 amide bonds. The molecular formula is C94H167N3O41. The van der Waals surface area contributed by atoms with E-state index < -0.39 is 316 Å². The van der Waals surface area contributed by atoms with E-state index in [4.69, 9.17) is 75.8 Å². The summed E-state index contributed by atoms with van der Waals surface area (Å²) in [5, 5.41) is 258. The van der Waals surface area contributed by atoms with Crippen molar-refractivity contribution in [3.05, 3.63) is 24.3 Å². The first-order valence-corrected chi connectivity index (χ1v) is 50.4. The molecule has 8 rings (SSSR count). The largest absolute Gasteiger partial charge is 0.394 e. The predicted molar refractivity (Wildman–Crippen MR) is 484 cm³/mol. The Bertz CT molecular complexity index is 3400. The van der Waals surface area contributed by atoms with Crippen molar-refractivity contribution in [2.24, 2.45) is 0 Å². The second kappa shape index (κ2) is 62.5. The number of nitrogens with one attached hydrogen (secondary N) is 3. The van der Waals surface area contributed by atoms with Crippen molar-refractivity contribution in [2.75, 3.05) is 46.2 Å². The fourth-order valence-electron chi connectivity index (χ4n) is 18.7. The standard InChI is InChI=1S/C94H167N3O41/c1-7-9-11-13-15-17-19-21-22-23-24-25-26-27-28-30-32-34-36-38-40-42-62(107)97-54(55(106)41-39-37-35-33-31-29-20-18-16-14-12-10-8-2)49-123-89-78(121)75(118)81(61(48-103)131-89)132-92-79(122)83(69(112)58(45-100)127-92)135-87-63(95-52(5)104)71(114)80(60(47-102)130-87)133-94-86(138-91-77(120)73(116)66(109)51(4)125-91)84(70(113)59(46-101)129-94)136-88-64(96-53(6)105)82(68(111)57(44-99)126-88)134-93-85(74(117)67(110)56(43-98)128-93)137-90-76(119)72(115)65(108)50(3)124-90/h21-22,39,41,50-51,54-61,63-94,98-103,106,108-122H,7-20,23-38,40,42-49H2,1-6H3,(H,95,104)(H,96,105)(H,97,107)/b22-21-,41-39+/t50?,51?,54-,55+,56?,57?,58?,59?,60?,61?,63?,64?,65+,66+,67-,68-,69-,70-,71+,72?,73?,74-,75+,76-,77-,78?,79?,80+,81+,82+,83-,84-,85?,86?,87-,88+,89+,90+,91+,92-,93-,94-/m0/s1. The lowest BCUT2D eigenvalue weighted by molar-refractivity contribution is -0.406. The second-order valence-corrected chi connectivity index (χ2v) is 38.0. The lowest BCUT2D eigenvalue weighted by Crippen LogP contribution is -2.71. The van der Waals surface area contributed by atoms with Crippen LogP contribution < -0.4 is 16.0 Å². The number of unbranched alkanes of at least 4 members (excludes halogenated alkanes) is 28. The molecule has 804 valence electrons. The van der Waals surface area contributed by atoms with E-state index >= 15 is 0 Å². The first-order valence-electron chi connectivity index (χ1n) is 50.4. The van der Waals surface area contributed by atoms with E-state index in [1.165, 1.54) is 136 Å². The number of amides is 3. The summed E-state index contributed by atoms with van der Waals surface area (Å²) < 4.78 is 97.3. The lowest BCUT2D eigenvalue weighted by Gasteiger charge is -2.52. The maximum absolute atomic E-state index is 13.7. The molecule has 0 aromatic heterocycles. The van der Waals surface area contributed by atoms with E-state index in [1.54, 1.807) is 6.08 Å². The Balaban J connectivity index is 0.953. The van der Waals surface area contributed by atoms with Crippen LogP contribution in [0.15, 0.2) is 24.3 Å². The van der Waals surface area contributed by atoms with Crippen LogP contribution in [0.1, 0.15) is 247 Å². The monoisotopic (exact) mass is 1990 g/mol.